The van der Waals surface area contributed by atoms with Gasteiger partial charge in [-0.1, -0.05) is 12.8 Å². The molecule has 3 N–H and O–H groups in total. The fourth-order valence-electron chi connectivity index (χ4n) is 2.63. The van der Waals surface area contributed by atoms with Crippen LogP contribution in [0.2, 0.25) is 0 Å². The van der Waals surface area contributed by atoms with Crippen LogP contribution in [0.1, 0.15) is 43.2 Å². The molecule has 2 nitrogen and oxygen atoms in total. The summed E-state index contributed by atoms with van der Waals surface area (Å²) < 4.78 is 0. The number of rotatable bonds is 3. The van der Waals surface area contributed by atoms with Crippen molar-refractivity contribution in [1.29, 1.82) is 0 Å². The van der Waals surface area contributed by atoms with Gasteiger partial charge in [0.1, 0.15) is 0 Å². The molecule has 1 aromatic rings. The van der Waals surface area contributed by atoms with Crippen LogP contribution in [0.5, 0.6) is 0 Å². The molecule has 95 valence electrons. The molecule has 0 bridgehead atoms. The monoisotopic (exact) mass is 405 g/mol. The second-order valence-corrected chi connectivity index (χ2v) is 5.23. The molecule has 0 saturated heterocycles. The summed E-state index contributed by atoms with van der Waals surface area (Å²) in [5, 5.41) is 9.24. The van der Waals surface area contributed by atoms with E-state index in [2.05, 4.69) is 18.2 Å². The molecule has 2 atom stereocenters. The number of aryl methyl sites for hydroxylation is 1. The van der Waals surface area contributed by atoms with Gasteiger partial charge in [0.15, 0.2) is 0 Å². The van der Waals surface area contributed by atoms with Gasteiger partial charge in [0, 0.05) is 26.0 Å². The van der Waals surface area contributed by atoms with Crippen LogP contribution in [0, 0.1) is 6.07 Å². The number of aliphatic hydroxyl groups is 1. The average Bonchev–Trinajstić information content (AvgIpc) is 2.29. The van der Waals surface area contributed by atoms with Gasteiger partial charge in [-0.15, -0.1) is 0 Å². The van der Waals surface area contributed by atoms with Crippen LogP contribution in [-0.2, 0) is 26.8 Å². The van der Waals surface area contributed by atoms with Crippen molar-refractivity contribution in [1.82, 2.24) is 0 Å². The van der Waals surface area contributed by atoms with Crippen LogP contribution < -0.4 is 5.73 Å². The van der Waals surface area contributed by atoms with Gasteiger partial charge in [-0.25, -0.2) is 0 Å². The molecule has 0 aliphatic heterocycles. The predicted molar refractivity (Wildman–Crippen MR) is 65.3 cm³/mol. The van der Waals surface area contributed by atoms with Crippen molar-refractivity contribution in [2.24, 2.45) is 5.73 Å². The number of hydrogen-bond acceptors (Lipinski definition) is 2. The molecular formula is C14H20NORe-. The molecule has 0 aromatic heterocycles. The molecule has 1 aromatic carbocycles. The Morgan fingerprint density at radius 1 is 1.59 bits per heavy atom. The molecule has 0 heterocycles. The summed E-state index contributed by atoms with van der Waals surface area (Å²) in [7, 11) is 0. The minimum absolute atomic E-state index is 0. The van der Waals surface area contributed by atoms with Crippen molar-refractivity contribution in [3.8, 4) is 0 Å². The van der Waals surface area contributed by atoms with Crippen LogP contribution >= 0.6 is 0 Å². The first-order valence-electron chi connectivity index (χ1n) is 6.01. The zero-order chi connectivity index (χ0) is 11.6. The third-order valence-electron chi connectivity index (χ3n) is 3.50. The molecule has 3 heteroatoms. The Kier molecular flexibility index (Phi) is 5.34. The quantitative estimate of drug-likeness (QED) is 0.757. The van der Waals surface area contributed by atoms with E-state index in [4.69, 9.17) is 5.73 Å². The van der Waals surface area contributed by atoms with Crippen molar-refractivity contribution in [3.05, 3.63) is 35.4 Å². The Labute approximate surface area is 117 Å². The standard InChI is InChI=1S/C14H20NO.Re/c1-14(15,10-16)9-12-7-4-6-11-5-2-3-8-13(11)12;/h3,5,8,12,16H,4,6-7,9-10,15H2,1H3;/q-1;/t12-,14-;/m1./s1. The van der Waals surface area contributed by atoms with Crippen LogP contribution in [-0.4, -0.2) is 17.3 Å². The summed E-state index contributed by atoms with van der Waals surface area (Å²) in [6.07, 6.45) is 4.42. The molecular weight excluding hydrogens is 384 g/mol. The summed E-state index contributed by atoms with van der Waals surface area (Å²) in [6, 6.07) is 9.36. The number of fused-ring (bicyclic) bond motifs is 1. The van der Waals surface area contributed by atoms with E-state index >= 15 is 0 Å². The predicted octanol–water partition coefficient (Wildman–Crippen LogP) is 2.00. The summed E-state index contributed by atoms with van der Waals surface area (Å²) in [4.78, 5) is 0. The SMILES string of the molecule is C[C@](N)(CO)C[C@H]1CCCc2c[c-]ccc21.[Re]. The third-order valence-corrected chi connectivity index (χ3v) is 3.50. The Bertz CT molecular complexity index is 365. The van der Waals surface area contributed by atoms with Gasteiger partial charge in [-0.05, 0) is 25.7 Å². The van der Waals surface area contributed by atoms with E-state index < -0.39 is 5.54 Å². The van der Waals surface area contributed by atoms with Crippen LogP contribution in [0.25, 0.3) is 0 Å². The first-order valence-corrected chi connectivity index (χ1v) is 6.01. The average molecular weight is 405 g/mol. The Hall–Kier alpha value is -0.198. The molecule has 0 fully saturated rings. The molecule has 1 aliphatic rings. The number of aliphatic hydroxyl groups excluding tert-OH is 1. The Balaban J connectivity index is 0.00000144. The molecule has 17 heavy (non-hydrogen) atoms. The van der Waals surface area contributed by atoms with Gasteiger partial charge >= 0.3 is 0 Å². The van der Waals surface area contributed by atoms with Crippen LogP contribution in [0.3, 0.4) is 0 Å². The maximum atomic E-state index is 9.24. The molecule has 0 amide bonds. The largest absolute Gasteiger partial charge is 0.394 e. The molecule has 0 saturated carbocycles. The number of nitrogens with two attached hydrogens (primary N) is 1. The van der Waals surface area contributed by atoms with Crippen molar-refractivity contribution >= 4 is 0 Å². The van der Waals surface area contributed by atoms with Gasteiger partial charge < -0.3 is 10.8 Å². The molecule has 1 radical (unpaired) electrons. The van der Waals surface area contributed by atoms with Crippen molar-refractivity contribution < 1.29 is 25.5 Å². The minimum atomic E-state index is -0.459. The molecule has 0 spiro atoms. The zero-order valence-corrected chi connectivity index (χ0v) is 13.0. The van der Waals surface area contributed by atoms with E-state index in [1.165, 1.54) is 24.0 Å². The normalized spacial score (nSPS) is 22.2. The number of hydrogen-bond donors (Lipinski definition) is 2. The van der Waals surface area contributed by atoms with Crippen molar-refractivity contribution in [3.63, 3.8) is 0 Å². The van der Waals surface area contributed by atoms with Gasteiger partial charge in [-0.3, -0.25) is 0 Å². The summed E-state index contributed by atoms with van der Waals surface area (Å²) in [6.45, 7) is 1.98. The van der Waals surface area contributed by atoms with Crippen molar-refractivity contribution in [2.45, 2.75) is 44.1 Å². The Morgan fingerprint density at radius 3 is 3.06 bits per heavy atom. The first kappa shape index (κ1) is 14.9. The van der Waals surface area contributed by atoms with Crippen LogP contribution in [0.4, 0.5) is 0 Å². The molecule has 1 aliphatic carbocycles. The van der Waals surface area contributed by atoms with E-state index in [1.54, 1.807) is 0 Å². The van der Waals surface area contributed by atoms with Crippen molar-refractivity contribution in [2.75, 3.05) is 6.61 Å². The fourth-order valence-corrected chi connectivity index (χ4v) is 2.63. The van der Waals surface area contributed by atoms with Crippen LogP contribution in [0.15, 0.2) is 18.2 Å². The number of benzene rings is 1. The first-order chi connectivity index (χ1) is 7.62. The molecule has 2 rings (SSSR count). The maximum absolute atomic E-state index is 9.24. The van der Waals surface area contributed by atoms with E-state index in [0.717, 1.165) is 12.8 Å². The van der Waals surface area contributed by atoms with E-state index in [1.807, 2.05) is 13.0 Å². The second-order valence-electron chi connectivity index (χ2n) is 5.23. The van der Waals surface area contributed by atoms with E-state index in [9.17, 15) is 5.11 Å². The fraction of sp³-hybridized carbons (Fsp3) is 0.571. The smallest absolute Gasteiger partial charge is 0.0608 e. The third kappa shape index (κ3) is 3.63. The van der Waals surface area contributed by atoms with Gasteiger partial charge in [0.25, 0.3) is 0 Å². The van der Waals surface area contributed by atoms with Gasteiger partial charge in [-0.2, -0.15) is 35.4 Å². The zero-order valence-electron chi connectivity index (χ0n) is 10.2. The molecule has 0 unspecified atom stereocenters. The second kappa shape index (κ2) is 6.11. The van der Waals surface area contributed by atoms with E-state index in [-0.39, 0.29) is 27.0 Å². The van der Waals surface area contributed by atoms with Gasteiger partial charge in [0.05, 0.1) is 6.61 Å². The summed E-state index contributed by atoms with van der Waals surface area (Å²) in [5.41, 5.74) is 8.41. The maximum Gasteiger partial charge on any atom is 0.0608 e. The Morgan fingerprint density at radius 2 is 2.35 bits per heavy atom. The minimum Gasteiger partial charge on any atom is -0.394 e. The topological polar surface area (TPSA) is 46.2 Å². The van der Waals surface area contributed by atoms with E-state index in [0.29, 0.717) is 5.92 Å². The summed E-state index contributed by atoms with van der Waals surface area (Å²) in [5.74, 6) is 0.500. The summed E-state index contributed by atoms with van der Waals surface area (Å²) >= 11 is 0. The van der Waals surface area contributed by atoms with Gasteiger partial charge in [0.2, 0.25) is 0 Å².